The molecule has 0 spiro atoms. The van der Waals surface area contributed by atoms with E-state index in [9.17, 15) is 4.79 Å². The lowest BCUT2D eigenvalue weighted by molar-refractivity contribution is -0.119. The number of amides is 1. The quantitative estimate of drug-likeness (QED) is 0.662. The SMILES string of the molecule is CNC(=O)CNCC1CCN(C2CC2)C1. The Balaban J connectivity index is 1.58. The Morgan fingerprint density at radius 3 is 2.87 bits per heavy atom. The van der Waals surface area contributed by atoms with Gasteiger partial charge in [0.05, 0.1) is 6.54 Å². The molecule has 1 amide bonds. The predicted octanol–water partition coefficient (Wildman–Crippen LogP) is -0.194. The van der Waals surface area contributed by atoms with E-state index in [2.05, 4.69) is 15.5 Å². The molecular formula is C11H21N3O. The van der Waals surface area contributed by atoms with Gasteiger partial charge in [0.1, 0.15) is 0 Å². The van der Waals surface area contributed by atoms with Crippen LogP contribution in [0.4, 0.5) is 0 Å². The second-order valence-electron chi connectivity index (χ2n) is 4.68. The summed E-state index contributed by atoms with van der Waals surface area (Å²) in [6.07, 6.45) is 4.09. The minimum atomic E-state index is 0.0760. The van der Waals surface area contributed by atoms with Crippen molar-refractivity contribution in [3.8, 4) is 0 Å². The maximum Gasteiger partial charge on any atom is 0.233 e. The van der Waals surface area contributed by atoms with E-state index in [1.807, 2.05) is 0 Å². The molecular weight excluding hydrogens is 190 g/mol. The number of carbonyl (C=O) groups excluding carboxylic acids is 1. The fourth-order valence-electron chi connectivity index (χ4n) is 2.28. The van der Waals surface area contributed by atoms with Crippen molar-refractivity contribution in [1.82, 2.24) is 15.5 Å². The smallest absolute Gasteiger partial charge is 0.233 e. The number of carbonyl (C=O) groups is 1. The summed E-state index contributed by atoms with van der Waals surface area (Å²) in [7, 11) is 1.68. The number of nitrogens with one attached hydrogen (secondary N) is 2. The molecule has 15 heavy (non-hydrogen) atoms. The maximum atomic E-state index is 11.0. The van der Waals surface area contributed by atoms with Gasteiger partial charge in [-0.25, -0.2) is 0 Å². The second-order valence-corrected chi connectivity index (χ2v) is 4.68. The Bertz CT molecular complexity index is 228. The summed E-state index contributed by atoms with van der Waals surface area (Å²) in [5.74, 6) is 0.822. The van der Waals surface area contributed by atoms with Crippen molar-refractivity contribution in [2.75, 3.05) is 33.2 Å². The van der Waals surface area contributed by atoms with Gasteiger partial charge in [0, 0.05) is 19.6 Å². The number of hydrogen-bond donors (Lipinski definition) is 2. The maximum absolute atomic E-state index is 11.0. The van der Waals surface area contributed by atoms with Crippen molar-refractivity contribution in [2.45, 2.75) is 25.3 Å². The van der Waals surface area contributed by atoms with Gasteiger partial charge in [0.2, 0.25) is 5.91 Å². The first-order valence-electron chi connectivity index (χ1n) is 5.95. The van der Waals surface area contributed by atoms with Crippen LogP contribution in [0.5, 0.6) is 0 Å². The third-order valence-corrected chi connectivity index (χ3v) is 3.38. The summed E-state index contributed by atoms with van der Waals surface area (Å²) in [5, 5.41) is 5.83. The molecule has 2 N–H and O–H groups in total. The molecule has 1 saturated heterocycles. The number of nitrogens with zero attached hydrogens (tertiary/aromatic N) is 1. The van der Waals surface area contributed by atoms with E-state index < -0.39 is 0 Å². The average Bonchev–Trinajstić information content (AvgIpc) is 2.99. The Hall–Kier alpha value is -0.610. The van der Waals surface area contributed by atoms with E-state index in [-0.39, 0.29) is 5.91 Å². The van der Waals surface area contributed by atoms with Crippen LogP contribution in [-0.4, -0.2) is 50.1 Å². The minimum Gasteiger partial charge on any atom is -0.358 e. The van der Waals surface area contributed by atoms with E-state index in [4.69, 9.17) is 0 Å². The van der Waals surface area contributed by atoms with Crippen molar-refractivity contribution < 1.29 is 4.79 Å². The van der Waals surface area contributed by atoms with Crippen LogP contribution in [0.25, 0.3) is 0 Å². The van der Waals surface area contributed by atoms with Gasteiger partial charge < -0.3 is 15.5 Å². The van der Waals surface area contributed by atoms with Crippen LogP contribution in [0.3, 0.4) is 0 Å². The summed E-state index contributed by atoms with van der Waals surface area (Å²) >= 11 is 0. The predicted molar refractivity (Wildman–Crippen MR) is 59.6 cm³/mol. The van der Waals surface area contributed by atoms with Crippen LogP contribution in [0.1, 0.15) is 19.3 Å². The summed E-state index contributed by atoms with van der Waals surface area (Å²) in [4.78, 5) is 13.6. The van der Waals surface area contributed by atoms with Gasteiger partial charge in [-0.2, -0.15) is 0 Å². The van der Waals surface area contributed by atoms with Crippen LogP contribution >= 0.6 is 0 Å². The first-order chi connectivity index (χ1) is 7.29. The molecule has 1 unspecified atom stereocenters. The van der Waals surface area contributed by atoms with Gasteiger partial charge in [0.25, 0.3) is 0 Å². The topological polar surface area (TPSA) is 44.4 Å². The van der Waals surface area contributed by atoms with Gasteiger partial charge in [-0.3, -0.25) is 4.79 Å². The van der Waals surface area contributed by atoms with Crippen LogP contribution in [0, 0.1) is 5.92 Å². The van der Waals surface area contributed by atoms with Crippen LogP contribution in [0.2, 0.25) is 0 Å². The Morgan fingerprint density at radius 2 is 2.20 bits per heavy atom. The number of rotatable bonds is 5. The molecule has 0 aromatic heterocycles. The largest absolute Gasteiger partial charge is 0.358 e. The lowest BCUT2D eigenvalue weighted by atomic mass is 10.1. The third kappa shape index (κ3) is 3.18. The highest BCUT2D eigenvalue weighted by molar-refractivity contribution is 5.77. The van der Waals surface area contributed by atoms with Crippen LogP contribution in [-0.2, 0) is 4.79 Å². The molecule has 1 aliphatic carbocycles. The number of likely N-dealkylation sites (tertiary alicyclic amines) is 1. The molecule has 2 fully saturated rings. The first-order valence-corrected chi connectivity index (χ1v) is 5.95. The number of hydrogen-bond acceptors (Lipinski definition) is 3. The number of likely N-dealkylation sites (N-methyl/N-ethyl adjacent to an activating group) is 1. The summed E-state index contributed by atoms with van der Waals surface area (Å²) in [6.45, 7) is 3.93. The van der Waals surface area contributed by atoms with E-state index >= 15 is 0 Å². The molecule has 86 valence electrons. The molecule has 1 atom stereocenters. The first kappa shape index (κ1) is 10.9. The summed E-state index contributed by atoms with van der Waals surface area (Å²) < 4.78 is 0. The lowest BCUT2D eigenvalue weighted by Gasteiger charge is -2.14. The minimum absolute atomic E-state index is 0.0760. The molecule has 2 rings (SSSR count). The fourth-order valence-corrected chi connectivity index (χ4v) is 2.28. The third-order valence-electron chi connectivity index (χ3n) is 3.38. The summed E-state index contributed by atoms with van der Waals surface area (Å²) in [5.41, 5.74) is 0. The molecule has 2 aliphatic rings. The van der Waals surface area contributed by atoms with E-state index in [0.29, 0.717) is 6.54 Å². The van der Waals surface area contributed by atoms with E-state index in [0.717, 1.165) is 18.5 Å². The van der Waals surface area contributed by atoms with Crippen molar-refractivity contribution in [2.24, 2.45) is 5.92 Å². The van der Waals surface area contributed by atoms with Crippen molar-refractivity contribution in [1.29, 1.82) is 0 Å². The van der Waals surface area contributed by atoms with Gasteiger partial charge in [-0.15, -0.1) is 0 Å². The normalized spacial score (nSPS) is 26.9. The van der Waals surface area contributed by atoms with Crippen molar-refractivity contribution in [3.05, 3.63) is 0 Å². The zero-order chi connectivity index (χ0) is 10.7. The van der Waals surface area contributed by atoms with Crippen LogP contribution in [0.15, 0.2) is 0 Å². The van der Waals surface area contributed by atoms with E-state index in [1.165, 1.54) is 32.4 Å². The van der Waals surface area contributed by atoms with Crippen LogP contribution < -0.4 is 10.6 Å². The Labute approximate surface area is 91.4 Å². The average molecular weight is 211 g/mol. The molecule has 1 saturated carbocycles. The van der Waals surface area contributed by atoms with Gasteiger partial charge >= 0.3 is 0 Å². The zero-order valence-electron chi connectivity index (χ0n) is 9.46. The lowest BCUT2D eigenvalue weighted by Crippen LogP contribution is -2.35. The Kier molecular flexibility index (Phi) is 3.59. The standard InChI is InChI=1S/C11H21N3O/c1-12-11(15)7-13-6-9-4-5-14(8-9)10-2-3-10/h9-10,13H,2-8H2,1H3,(H,12,15). The molecule has 1 heterocycles. The van der Waals surface area contributed by atoms with Gasteiger partial charge in [0.15, 0.2) is 0 Å². The molecule has 0 bridgehead atoms. The van der Waals surface area contributed by atoms with Gasteiger partial charge in [-0.1, -0.05) is 0 Å². The summed E-state index contributed by atoms with van der Waals surface area (Å²) in [6, 6.07) is 0.897. The molecule has 0 radical (unpaired) electrons. The van der Waals surface area contributed by atoms with Crippen molar-refractivity contribution in [3.63, 3.8) is 0 Å². The van der Waals surface area contributed by atoms with Crippen molar-refractivity contribution >= 4 is 5.91 Å². The van der Waals surface area contributed by atoms with Gasteiger partial charge in [-0.05, 0) is 38.3 Å². The monoisotopic (exact) mass is 211 g/mol. The molecule has 1 aliphatic heterocycles. The zero-order valence-corrected chi connectivity index (χ0v) is 9.46. The highest BCUT2D eigenvalue weighted by Crippen LogP contribution is 2.31. The second kappa shape index (κ2) is 4.94. The molecule has 4 nitrogen and oxygen atoms in total. The highest BCUT2D eigenvalue weighted by atomic mass is 16.1. The Morgan fingerprint density at radius 1 is 1.40 bits per heavy atom. The molecule has 4 heteroatoms. The highest BCUT2D eigenvalue weighted by Gasteiger charge is 2.33. The van der Waals surface area contributed by atoms with E-state index in [1.54, 1.807) is 7.05 Å². The molecule has 0 aromatic carbocycles. The molecule has 0 aromatic rings. The fraction of sp³-hybridized carbons (Fsp3) is 0.909.